The number of hydrogen-bond acceptors (Lipinski definition) is 3. The average Bonchev–Trinajstić information content (AvgIpc) is 2.34. The van der Waals surface area contributed by atoms with Gasteiger partial charge in [0, 0.05) is 19.8 Å². The molecule has 19 heavy (non-hydrogen) atoms. The molecule has 1 aromatic carbocycles. The van der Waals surface area contributed by atoms with Crippen LogP contribution in [0.1, 0.15) is 13.3 Å². The van der Waals surface area contributed by atoms with Crippen LogP contribution in [-0.4, -0.2) is 32.0 Å². The lowest BCUT2D eigenvalue weighted by molar-refractivity contribution is -0.118. The van der Waals surface area contributed by atoms with Crippen LogP contribution in [-0.2, 0) is 9.47 Å². The van der Waals surface area contributed by atoms with Crippen molar-refractivity contribution < 1.29 is 18.3 Å². The summed E-state index contributed by atoms with van der Waals surface area (Å²) in [6.45, 7) is 2.54. The van der Waals surface area contributed by atoms with Gasteiger partial charge in [0.25, 0.3) is 0 Å². The topological polar surface area (TPSA) is 30.5 Å². The van der Waals surface area contributed by atoms with Crippen LogP contribution in [0.3, 0.4) is 0 Å². The van der Waals surface area contributed by atoms with Gasteiger partial charge in [0.1, 0.15) is 17.7 Å². The molecular weight excluding hydrogens is 320 g/mol. The van der Waals surface area contributed by atoms with Gasteiger partial charge in [0.05, 0.1) is 22.3 Å². The summed E-state index contributed by atoms with van der Waals surface area (Å²) < 4.78 is 37.8. The molecule has 0 spiro atoms. The first-order valence-corrected chi connectivity index (χ1v) is 6.91. The number of nitrogens with one attached hydrogen (secondary N) is 1. The molecule has 1 aliphatic carbocycles. The SMILES string of the molecule is CCOC1CC(Nc2cc(Br)c(F)cc2F)C1OC. The molecule has 0 radical (unpaired) electrons. The molecule has 0 aromatic heterocycles. The highest BCUT2D eigenvalue weighted by Gasteiger charge is 2.42. The minimum Gasteiger partial charge on any atom is -0.377 e. The molecule has 1 aliphatic rings. The molecule has 1 aromatic rings. The van der Waals surface area contributed by atoms with Crippen molar-refractivity contribution in [3.63, 3.8) is 0 Å². The molecular formula is C13H16BrF2NO2. The molecule has 6 heteroatoms. The molecule has 0 bridgehead atoms. The van der Waals surface area contributed by atoms with Crippen LogP contribution in [0.5, 0.6) is 0 Å². The summed E-state index contributed by atoms with van der Waals surface area (Å²) in [4.78, 5) is 0. The molecule has 3 nitrogen and oxygen atoms in total. The van der Waals surface area contributed by atoms with Crippen LogP contribution in [0.25, 0.3) is 0 Å². The largest absolute Gasteiger partial charge is 0.377 e. The molecule has 3 unspecified atom stereocenters. The van der Waals surface area contributed by atoms with E-state index in [-0.39, 0.29) is 28.4 Å². The predicted molar refractivity (Wildman–Crippen MR) is 72.3 cm³/mol. The molecule has 3 atom stereocenters. The van der Waals surface area contributed by atoms with Crippen molar-refractivity contribution in [3.8, 4) is 0 Å². The molecule has 0 aliphatic heterocycles. The Hall–Kier alpha value is -0.720. The zero-order valence-electron chi connectivity index (χ0n) is 10.8. The van der Waals surface area contributed by atoms with E-state index in [1.807, 2.05) is 6.92 Å². The Morgan fingerprint density at radius 3 is 2.74 bits per heavy atom. The number of anilines is 1. The van der Waals surface area contributed by atoms with Gasteiger partial charge in [0.2, 0.25) is 0 Å². The average molecular weight is 336 g/mol. The summed E-state index contributed by atoms with van der Waals surface area (Å²) >= 11 is 3.04. The van der Waals surface area contributed by atoms with Crippen LogP contribution >= 0.6 is 15.9 Å². The van der Waals surface area contributed by atoms with E-state index in [0.717, 1.165) is 12.5 Å². The summed E-state index contributed by atoms with van der Waals surface area (Å²) in [5.41, 5.74) is 0.260. The van der Waals surface area contributed by atoms with Crippen molar-refractivity contribution in [3.05, 3.63) is 28.2 Å². The van der Waals surface area contributed by atoms with Gasteiger partial charge < -0.3 is 14.8 Å². The van der Waals surface area contributed by atoms with Gasteiger partial charge in [0.15, 0.2) is 0 Å². The number of methoxy groups -OCH3 is 1. The zero-order chi connectivity index (χ0) is 14.0. The van der Waals surface area contributed by atoms with Gasteiger partial charge >= 0.3 is 0 Å². The number of hydrogen-bond donors (Lipinski definition) is 1. The van der Waals surface area contributed by atoms with E-state index in [1.165, 1.54) is 6.07 Å². The Morgan fingerprint density at radius 2 is 2.11 bits per heavy atom. The summed E-state index contributed by atoms with van der Waals surface area (Å²) in [7, 11) is 1.60. The van der Waals surface area contributed by atoms with Gasteiger partial charge in [-0.2, -0.15) is 0 Å². The molecule has 1 fully saturated rings. The van der Waals surface area contributed by atoms with E-state index < -0.39 is 11.6 Å². The number of ether oxygens (including phenoxy) is 2. The number of halogens is 3. The first kappa shape index (κ1) is 14.7. The second-order valence-electron chi connectivity index (χ2n) is 4.43. The zero-order valence-corrected chi connectivity index (χ0v) is 12.3. The normalized spacial score (nSPS) is 26.1. The molecule has 0 saturated heterocycles. The molecule has 0 amide bonds. The Labute approximate surface area is 119 Å². The maximum absolute atomic E-state index is 13.6. The van der Waals surface area contributed by atoms with Gasteiger partial charge in [-0.05, 0) is 35.3 Å². The summed E-state index contributed by atoms with van der Waals surface area (Å²) in [6.07, 6.45) is 0.642. The summed E-state index contributed by atoms with van der Waals surface area (Å²) in [5.74, 6) is -1.23. The van der Waals surface area contributed by atoms with E-state index in [0.29, 0.717) is 6.61 Å². The van der Waals surface area contributed by atoms with Gasteiger partial charge in [-0.3, -0.25) is 0 Å². The van der Waals surface area contributed by atoms with Crippen LogP contribution < -0.4 is 5.32 Å². The lowest BCUT2D eigenvalue weighted by atomic mass is 9.85. The fourth-order valence-electron chi connectivity index (χ4n) is 2.25. The Balaban J connectivity index is 2.04. The van der Waals surface area contributed by atoms with Crippen molar-refractivity contribution in [1.29, 1.82) is 0 Å². The van der Waals surface area contributed by atoms with E-state index in [4.69, 9.17) is 9.47 Å². The van der Waals surface area contributed by atoms with Gasteiger partial charge in [-0.1, -0.05) is 0 Å². The minimum absolute atomic E-state index is 0.0273. The van der Waals surface area contributed by atoms with E-state index in [9.17, 15) is 8.78 Å². The lowest BCUT2D eigenvalue weighted by Crippen LogP contribution is -2.56. The maximum Gasteiger partial charge on any atom is 0.149 e. The first-order valence-electron chi connectivity index (χ1n) is 6.12. The van der Waals surface area contributed by atoms with Crippen LogP contribution in [0, 0.1) is 11.6 Å². The van der Waals surface area contributed by atoms with Crippen LogP contribution in [0.2, 0.25) is 0 Å². The summed E-state index contributed by atoms with van der Waals surface area (Å²) in [6, 6.07) is 2.21. The van der Waals surface area contributed by atoms with Gasteiger partial charge in [-0.15, -0.1) is 0 Å². The van der Waals surface area contributed by atoms with Crippen molar-refractivity contribution in [2.24, 2.45) is 0 Å². The smallest absolute Gasteiger partial charge is 0.149 e. The highest BCUT2D eigenvalue weighted by Crippen LogP contribution is 2.32. The molecule has 1 saturated carbocycles. The van der Waals surface area contributed by atoms with E-state index >= 15 is 0 Å². The minimum atomic E-state index is -0.618. The second kappa shape index (κ2) is 6.15. The molecule has 2 rings (SSSR count). The van der Waals surface area contributed by atoms with Crippen molar-refractivity contribution in [1.82, 2.24) is 0 Å². The number of rotatable bonds is 5. The number of benzene rings is 1. The van der Waals surface area contributed by atoms with Crippen molar-refractivity contribution >= 4 is 21.6 Å². The van der Waals surface area contributed by atoms with Crippen molar-refractivity contribution in [2.75, 3.05) is 19.0 Å². The van der Waals surface area contributed by atoms with E-state index in [2.05, 4.69) is 21.2 Å². The first-order chi connectivity index (χ1) is 9.06. The Morgan fingerprint density at radius 1 is 1.37 bits per heavy atom. The molecule has 0 heterocycles. The summed E-state index contributed by atoms with van der Waals surface area (Å²) in [5, 5.41) is 3.03. The Bertz CT molecular complexity index is 459. The highest BCUT2D eigenvalue weighted by atomic mass is 79.9. The quantitative estimate of drug-likeness (QED) is 0.837. The third kappa shape index (κ3) is 3.07. The third-order valence-electron chi connectivity index (χ3n) is 3.25. The van der Waals surface area contributed by atoms with Crippen LogP contribution in [0.15, 0.2) is 16.6 Å². The predicted octanol–water partition coefficient (Wildman–Crippen LogP) is 3.33. The molecule has 106 valence electrons. The maximum atomic E-state index is 13.6. The van der Waals surface area contributed by atoms with Crippen molar-refractivity contribution in [2.45, 2.75) is 31.6 Å². The second-order valence-corrected chi connectivity index (χ2v) is 5.28. The standard InChI is InChI=1S/C13H16BrF2NO2/c1-3-19-12-6-11(13(12)18-2)17-10-4-7(14)8(15)5-9(10)16/h4-5,11-13,17H,3,6H2,1-2H3. The van der Waals surface area contributed by atoms with Crippen LogP contribution in [0.4, 0.5) is 14.5 Å². The highest BCUT2D eigenvalue weighted by molar-refractivity contribution is 9.10. The molecule has 1 N–H and O–H groups in total. The Kier molecular flexibility index (Phi) is 4.76. The van der Waals surface area contributed by atoms with E-state index in [1.54, 1.807) is 7.11 Å². The monoisotopic (exact) mass is 335 g/mol. The fraction of sp³-hybridized carbons (Fsp3) is 0.538. The third-order valence-corrected chi connectivity index (χ3v) is 3.86. The lowest BCUT2D eigenvalue weighted by Gasteiger charge is -2.43. The van der Waals surface area contributed by atoms with Gasteiger partial charge in [-0.25, -0.2) is 8.78 Å². The fourth-order valence-corrected chi connectivity index (χ4v) is 2.59.